The summed E-state index contributed by atoms with van der Waals surface area (Å²) in [5, 5.41) is 0. The van der Waals surface area contributed by atoms with Gasteiger partial charge in [-0.3, -0.25) is 0 Å². The zero-order valence-corrected chi connectivity index (χ0v) is 16.5. The third-order valence-corrected chi connectivity index (χ3v) is 7.12. The van der Waals surface area contributed by atoms with Crippen molar-refractivity contribution in [1.29, 1.82) is 0 Å². The van der Waals surface area contributed by atoms with Crippen LogP contribution in [0.2, 0.25) is 0 Å². The minimum atomic E-state index is -4.73. The summed E-state index contributed by atoms with van der Waals surface area (Å²) < 4.78 is 101. The molecule has 0 radical (unpaired) electrons. The lowest BCUT2D eigenvalue weighted by atomic mass is 9.93. The van der Waals surface area contributed by atoms with Gasteiger partial charge in [0.2, 0.25) is 15.7 Å². The first kappa shape index (κ1) is 22.4. The smallest absolute Gasteiger partial charge is 0.416 e. The van der Waals surface area contributed by atoms with Gasteiger partial charge in [-0.05, 0) is 43.0 Å². The Bertz CT molecular complexity index is 995. The van der Waals surface area contributed by atoms with Crippen molar-refractivity contribution in [3.63, 3.8) is 0 Å². The molecule has 1 aromatic carbocycles. The van der Waals surface area contributed by atoms with Gasteiger partial charge in [0.05, 0.1) is 10.5 Å². The van der Waals surface area contributed by atoms with Crippen LogP contribution in [0, 0.1) is 5.92 Å². The molecular weight excluding hydrogens is 433 g/mol. The Kier molecular flexibility index (Phi) is 6.06. The first-order chi connectivity index (χ1) is 14.0. The largest absolute Gasteiger partial charge is 0.417 e. The minimum Gasteiger partial charge on any atom is -0.417 e. The number of halogens is 5. The lowest BCUT2D eigenvalue weighted by molar-refractivity contribution is -0.137. The molecule has 2 heterocycles. The van der Waals surface area contributed by atoms with Crippen LogP contribution in [0.3, 0.4) is 0 Å². The summed E-state index contributed by atoms with van der Waals surface area (Å²) in [6.45, 7) is -1.27. The van der Waals surface area contributed by atoms with Crippen LogP contribution in [0.25, 0.3) is 0 Å². The molecule has 5 nitrogen and oxygen atoms in total. The van der Waals surface area contributed by atoms with Gasteiger partial charge in [0.15, 0.2) is 4.93 Å². The van der Waals surface area contributed by atoms with Crippen molar-refractivity contribution in [3.05, 3.63) is 53.7 Å². The van der Waals surface area contributed by atoms with Gasteiger partial charge in [-0.15, -0.1) is 0 Å². The van der Waals surface area contributed by atoms with Gasteiger partial charge in [0.1, 0.15) is 0 Å². The maximum atomic E-state index is 13.5. The number of aromatic nitrogens is 1. The van der Waals surface area contributed by atoms with Gasteiger partial charge in [-0.2, -0.15) is 22.0 Å². The van der Waals surface area contributed by atoms with Crippen LogP contribution in [0.5, 0.6) is 5.88 Å². The Morgan fingerprint density at radius 1 is 1.23 bits per heavy atom. The molecule has 1 aliphatic rings. The first-order valence-electron chi connectivity index (χ1n) is 8.93. The van der Waals surface area contributed by atoms with E-state index in [-0.39, 0.29) is 24.5 Å². The summed E-state index contributed by atoms with van der Waals surface area (Å²) in [4.78, 5) is 1.14. The average molecular weight is 451 g/mol. The molecule has 164 valence electrons. The van der Waals surface area contributed by atoms with Crippen LogP contribution < -0.4 is 4.74 Å². The predicted molar refractivity (Wildman–Crippen MR) is 95.5 cm³/mol. The van der Waals surface area contributed by atoms with Crippen molar-refractivity contribution in [2.24, 2.45) is 5.92 Å². The molecule has 2 atom stereocenters. The molecule has 1 aliphatic heterocycles. The fraction of sp³-hybridized carbons (Fsp3) is 0.421. The SMILES string of the molecule is CC1CCOC(c2ccc(OC(F)F)nc2)(S(=O)(=O)c2cccc(C(F)(F)F)c2)C1. The third kappa shape index (κ3) is 4.27. The summed E-state index contributed by atoms with van der Waals surface area (Å²) in [5.74, 6) is -0.555. The second-order valence-corrected chi connectivity index (χ2v) is 9.13. The van der Waals surface area contributed by atoms with Crippen LogP contribution >= 0.6 is 0 Å². The fourth-order valence-corrected chi connectivity index (χ4v) is 5.48. The molecule has 2 unspecified atom stereocenters. The number of sulfone groups is 1. The van der Waals surface area contributed by atoms with Gasteiger partial charge >= 0.3 is 12.8 Å². The Morgan fingerprint density at radius 3 is 2.53 bits per heavy atom. The lowest BCUT2D eigenvalue weighted by Crippen LogP contribution is -2.44. The number of ether oxygens (including phenoxy) is 2. The number of benzene rings is 1. The monoisotopic (exact) mass is 451 g/mol. The maximum absolute atomic E-state index is 13.5. The van der Waals surface area contributed by atoms with Crippen molar-refractivity contribution in [3.8, 4) is 5.88 Å². The average Bonchev–Trinajstić information content (AvgIpc) is 2.67. The van der Waals surface area contributed by atoms with Crippen LogP contribution in [-0.4, -0.2) is 26.6 Å². The molecule has 2 aromatic rings. The van der Waals surface area contributed by atoms with Crippen LogP contribution in [0.4, 0.5) is 22.0 Å². The molecule has 0 aliphatic carbocycles. The second-order valence-electron chi connectivity index (χ2n) is 6.99. The van der Waals surface area contributed by atoms with Crippen molar-refractivity contribution in [2.75, 3.05) is 6.61 Å². The molecule has 3 rings (SSSR count). The second kappa shape index (κ2) is 8.10. The van der Waals surface area contributed by atoms with E-state index in [2.05, 4.69) is 9.72 Å². The van der Waals surface area contributed by atoms with Gasteiger partial charge in [-0.1, -0.05) is 13.0 Å². The van der Waals surface area contributed by atoms with E-state index in [4.69, 9.17) is 4.74 Å². The van der Waals surface area contributed by atoms with Gasteiger partial charge in [0.25, 0.3) is 0 Å². The summed E-state index contributed by atoms with van der Waals surface area (Å²) in [6, 6.07) is 5.68. The molecule has 1 aromatic heterocycles. The van der Waals surface area contributed by atoms with Crippen LogP contribution in [-0.2, 0) is 25.7 Å². The minimum absolute atomic E-state index is 0.0214. The zero-order valence-electron chi connectivity index (χ0n) is 15.7. The van der Waals surface area contributed by atoms with Crippen molar-refractivity contribution >= 4 is 9.84 Å². The lowest BCUT2D eigenvalue weighted by Gasteiger charge is -2.39. The molecular formula is C19H18F5NO4S. The quantitative estimate of drug-likeness (QED) is 0.613. The van der Waals surface area contributed by atoms with Gasteiger partial charge in [0, 0.05) is 24.4 Å². The summed E-state index contributed by atoms with van der Waals surface area (Å²) in [5.41, 5.74) is -1.09. The standard InChI is InChI=1S/C19H18F5NO4S/c1-12-7-8-28-18(10-12,14-5-6-16(25-11-14)29-17(20)21)30(26,27)15-4-2-3-13(9-15)19(22,23)24/h2-6,9,11-12,17H,7-8,10H2,1H3. The van der Waals surface area contributed by atoms with E-state index in [0.29, 0.717) is 12.5 Å². The number of pyridine rings is 1. The molecule has 1 fully saturated rings. The summed E-state index contributed by atoms with van der Waals surface area (Å²) >= 11 is 0. The number of hydrogen-bond acceptors (Lipinski definition) is 5. The Labute approximate surface area is 169 Å². The van der Waals surface area contributed by atoms with E-state index in [1.807, 2.05) is 0 Å². The van der Waals surface area contributed by atoms with Crippen molar-refractivity contribution in [2.45, 2.75) is 42.4 Å². The normalized spacial score (nSPS) is 22.8. The highest BCUT2D eigenvalue weighted by Gasteiger charge is 2.51. The van der Waals surface area contributed by atoms with E-state index < -0.39 is 43.9 Å². The van der Waals surface area contributed by atoms with E-state index in [1.165, 1.54) is 6.07 Å². The highest BCUT2D eigenvalue weighted by Crippen LogP contribution is 2.46. The highest BCUT2D eigenvalue weighted by atomic mass is 32.2. The number of rotatable bonds is 5. The third-order valence-electron chi connectivity index (χ3n) is 4.85. The van der Waals surface area contributed by atoms with E-state index >= 15 is 0 Å². The number of hydrogen-bond donors (Lipinski definition) is 0. The molecule has 0 bridgehead atoms. The van der Waals surface area contributed by atoms with Gasteiger partial charge in [-0.25, -0.2) is 13.4 Å². The Morgan fingerprint density at radius 2 is 1.97 bits per heavy atom. The predicted octanol–water partition coefficient (Wildman–Crippen LogP) is 4.78. The summed E-state index contributed by atoms with van der Waals surface area (Å²) in [7, 11) is -4.48. The number of nitrogens with zero attached hydrogens (tertiary/aromatic N) is 1. The maximum Gasteiger partial charge on any atom is 0.416 e. The van der Waals surface area contributed by atoms with Gasteiger partial charge < -0.3 is 9.47 Å². The van der Waals surface area contributed by atoms with E-state index in [9.17, 15) is 30.4 Å². The van der Waals surface area contributed by atoms with Crippen LogP contribution in [0.15, 0.2) is 47.5 Å². The fourth-order valence-electron chi connectivity index (χ4n) is 3.38. The molecule has 0 amide bonds. The van der Waals surface area contributed by atoms with Crippen molar-refractivity contribution in [1.82, 2.24) is 4.98 Å². The Hall–Kier alpha value is -2.27. The summed E-state index contributed by atoms with van der Waals surface area (Å²) in [6.07, 6.45) is -3.18. The number of alkyl halides is 5. The molecule has 30 heavy (non-hydrogen) atoms. The van der Waals surface area contributed by atoms with Crippen molar-refractivity contribution < 1.29 is 39.8 Å². The molecule has 0 saturated carbocycles. The first-order valence-corrected chi connectivity index (χ1v) is 10.4. The topological polar surface area (TPSA) is 65.5 Å². The molecule has 0 spiro atoms. The Balaban J connectivity index is 2.12. The molecule has 0 N–H and O–H groups in total. The molecule has 1 saturated heterocycles. The van der Waals surface area contributed by atoms with E-state index in [0.717, 1.165) is 30.5 Å². The molecule has 11 heteroatoms. The van der Waals surface area contributed by atoms with E-state index in [1.54, 1.807) is 6.92 Å². The zero-order chi connectivity index (χ0) is 22.2. The highest BCUT2D eigenvalue weighted by molar-refractivity contribution is 7.92. The van der Waals surface area contributed by atoms with Crippen LogP contribution in [0.1, 0.15) is 30.9 Å².